The van der Waals surface area contributed by atoms with E-state index in [1.807, 2.05) is 6.07 Å². The predicted octanol–water partition coefficient (Wildman–Crippen LogP) is 0.563. The van der Waals surface area contributed by atoms with E-state index in [9.17, 15) is 33.8 Å². The van der Waals surface area contributed by atoms with Crippen molar-refractivity contribution in [2.24, 2.45) is 0 Å². The molecule has 0 radical (unpaired) electrons. The van der Waals surface area contributed by atoms with Crippen molar-refractivity contribution in [1.82, 2.24) is 20.2 Å². The molecule has 0 aliphatic carbocycles. The lowest BCUT2D eigenvalue weighted by Gasteiger charge is -2.19. The molecular weight excluding hydrogens is 517 g/mol. The standard InChI is InChI=1S/C25H32FN5O8/c1-15(33)27-10-6-5-9-18(28-25(37)38-14-16-7-3-2-4-8-16)23(35)29-22-17(26)12-31(24(36)30-22)21-11-19(34)20(13-32)39-21/h2-4,7-8,12,18-21,32,34H,5-6,9-11,13-14H2,1H3,(H,27,33)(H,28,37)(H,29,30,35,36)/t18?,19-,20-,21-/m1/s1. The summed E-state index contributed by atoms with van der Waals surface area (Å²) < 4.78 is 26.2. The number of anilines is 1. The van der Waals surface area contributed by atoms with Crippen molar-refractivity contribution in [3.63, 3.8) is 0 Å². The molecule has 14 heteroatoms. The highest BCUT2D eigenvalue weighted by Gasteiger charge is 2.35. The number of amides is 3. The first-order valence-corrected chi connectivity index (χ1v) is 12.4. The Balaban J connectivity index is 1.66. The van der Waals surface area contributed by atoms with Gasteiger partial charge in [-0.15, -0.1) is 0 Å². The number of hydrogen-bond donors (Lipinski definition) is 5. The number of hydrogen-bond acceptors (Lipinski definition) is 9. The van der Waals surface area contributed by atoms with E-state index in [4.69, 9.17) is 9.47 Å². The Hall–Kier alpha value is -3.88. The molecule has 0 bridgehead atoms. The van der Waals surface area contributed by atoms with E-state index in [2.05, 4.69) is 20.9 Å². The molecule has 4 atom stereocenters. The molecule has 1 aliphatic rings. The minimum absolute atomic E-state index is 0.0347. The maximum atomic E-state index is 14.8. The molecule has 13 nitrogen and oxygen atoms in total. The first-order chi connectivity index (χ1) is 18.7. The van der Waals surface area contributed by atoms with Crippen LogP contribution in [0.1, 0.15) is 44.4 Å². The number of nitrogens with one attached hydrogen (secondary N) is 3. The van der Waals surface area contributed by atoms with Crippen molar-refractivity contribution < 1.29 is 38.5 Å². The van der Waals surface area contributed by atoms with Gasteiger partial charge in [-0.25, -0.2) is 14.0 Å². The Bertz CT molecular complexity index is 1190. The topological polar surface area (TPSA) is 181 Å². The summed E-state index contributed by atoms with van der Waals surface area (Å²) in [6, 6.07) is 7.74. The van der Waals surface area contributed by atoms with E-state index in [-0.39, 0.29) is 25.4 Å². The van der Waals surface area contributed by atoms with Gasteiger partial charge in [0.05, 0.1) is 18.9 Å². The first-order valence-electron chi connectivity index (χ1n) is 12.4. The summed E-state index contributed by atoms with van der Waals surface area (Å²) in [5.41, 5.74) is -0.218. The van der Waals surface area contributed by atoms with Crippen LogP contribution in [0.15, 0.2) is 41.3 Å². The summed E-state index contributed by atoms with van der Waals surface area (Å²) in [5, 5.41) is 26.4. The highest BCUT2D eigenvalue weighted by Crippen LogP contribution is 2.27. The van der Waals surface area contributed by atoms with Crippen LogP contribution < -0.4 is 21.6 Å². The third-order valence-electron chi connectivity index (χ3n) is 5.96. The van der Waals surface area contributed by atoms with Crippen molar-refractivity contribution in [3.05, 3.63) is 58.4 Å². The minimum atomic E-state index is -1.16. The summed E-state index contributed by atoms with van der Waals surface area (Å²) in [6.07, 6.45) is -2.12. The summed E-state index contributed by atoms with van der Waals surface area (Å²) in [7, 11) is 0. The van der Waals surface area contributed by atoms with E-state index in [1.54, 1.807) is 24.3 Å². The molecule has 212 valence electrons. The lowest BCUT2D eigenvalue weighted by atomic mass is 10.1. The number of alkyl carbamates (subject to hydrolysis) is 1. The number of aromatic nitrogens is 2. The SMILES string of the molecule is CC(=O)NCCCCC(NC(=O)OCc1ccccc1)C(=O)Nc1nc(=O)n([C@H]2C[C@@H](O)[C@@H](CO)O2)cc1F. The van der Waals surface area contributed by atoms with Crippen LogP contribution in [-0.4, -0.2) is 69.1 Å². The Labute approximate surface area is 223 Å². The van der Waals surface area contributed by atoms with Gasteiger partial charge in [-0.2, -0.15) is 4.98 Å². The Morgan fingerprint density at radius 1 is 1.26 bits per heavy atom. The zero-order valence-corrected chi connectivity index (χ0v) is 21.3. The molecule has 0 saturated carbocycles. The predicted molar refractivity (Wildman–Crippen MR) is 135 cm³/mol. The van der Waals surface area contributed by atoms with Crippen molar-refractivity contribution in [3.8, 4) is 0 Å². The number of benzene rings is 1. The van der Waals surface area contributed by atoms with E-state index >= 15 is 0 Å². The minimum Gasteiger partial charge on any atom is -0.445 e. The van der Waals surface area contributed by atoms with Crippen molar-refractivity contribution in [2.75, 3.05) is 18.5 Å². The van der Waals surface area contributed by atoms with Gasteiger partial charge in [0.2, 0.25) is 11.8 Å². The number of rotatable bonds is 12. The fourth-order valence-electron chi connectivity index (χ4n) is 3.91. The third-order valence-corrected chi connectivity index (χ3v) is 5.96. The van der Waals surface area contributed by atoms with Gasteiger partial charge in [0.15, 0.2) is 11.6 Å². The zero-order chi connectivity index (χ0) is 28.4. The quantitative estimate of drug-likeness (QED) is 0.236. The van der Waals surface area contributed by atoms with Gasteiger partial charge in [-0.1, -0.05) is 30.3 Å². The number of aliphatic hydroxyl groups is 2. The normalized spacial score (nSPS) is 19.2. The second-order valence-electron chi connectivity index (χ2n) is 8.97. The maximum Gasteiger partial charge on any atom is 0.408 e. The summed E-state index contributed by atoms with van der Waals surface area (Å²) in [4.78, 5) is 52.5. The van der Waals surface area contributed by atoms with Crippen LogP contribution in [0.25, 0.3) is 0 Å². The number of nitrogens with zero attached hydrogens (tertiary/aromatic N) is 2. The fourth-order valence-corrected chi connectivity index (χ4v) is 3.91. The van der Waals surface area contributed by atoms with Gasteiger partial charge in [-0.05, 0) is 24.8 Å². The number of carbonyl (C=O) groups excluding carboxylic acids is 3. The summed E-state index contributed by atoms with van der Waals surface area (Å²) in [5.74, 6) is -2.74. The Kier molecular flexibility index (Phi) is 10.9. The number of halogens is 1. The van der Waals surface area contributed by atoms with Gasteiger partial charge in [0, 0.05) is 19.9 Å². The molecule has 1 aromatic carbocycles. The van der Waals surface area contributed by atoms with Gasteiger partial charge < -0.3 is 35.6 Å². The second kappa shape index (κ2) is 14.3. The van der Waals surface area contributed by atoms with Gasteiger partial charge in [-0.3, -0.25) is 14.2 Å². The van der Waals surface area contributed by atoms with Gasteiger partial charge >= 0.3 is 11.8 Å². The van der Waals surface area contributed by atoms with Crippen LogP contribution in [0.2, 0.25) is 0 Å². The van der Waals surface area contributed by atoms with E-state index in [0.29, 0.717) is 19.4 Å². The van der Waals surface area contributed by atoms with Crippen molar-refractivity contribution in [1.29, 1.82) is 0 Å². The molecule has 1 fully saturated rings. The van der Waals surface area contributed by atoms with E-state index < -0.39 is 60.4 Å². The first kappa shape index (κ1) is 29.7. The molecular formula is C25H32FN5O8. The average Bonchev–Trinajstić information content (AvgIpc) is 3.29. The van der Waals surface area contributed by atoms with Crippen LogP contribution in [-0.2, 0) is 25.7 Å². The molecule has 1 aromatic heterocycles. The molecule has 2 aromatic rings. The van der Waals surface area contributed by atoms with E-state index in [0.717, 1.165) is 16.3 Å². The van der Waals surface area contributed by atoms with Crippen LogP contribution in [0, 0.1) is 5.82 Å². The highest BCUT2D eigenvalue weighted by atomic mass is 19.1. The summed E-state index contributed by atoms with van der Waals surface area (Å²) >= 11 is 0. The highest BCUT2D eigenvalue weighted by molar-refractivity contribution is 5.95. The summed E-state index contributed by atoms with van der Waals surface area (Å²) in [6.45, 7) is 1.23. The van der Waals surface area contributed by atoms with Crippen LogP contribution in [0.4, 0.5) is 15.0 Å². The van der Waals surface area contributed by atoms with E-state index in [1.165, 1.54) is 6.92 Å². The monoisotopic (exact) mass is 549 g/mol. The van der Waals surface area contributed by atoms with Crippen molar-refractivity contribution >= 4 is 23.7 Å². The molecule has 1 aliphatic heterocycles. The van der Waals surface area contributed by atoms with Gasteiger partial charge in [0.1, 0.15) is 25.0 Å². The zero-order valence-electron chi connectivity index (χ0n) is 21.3. The average molecular weight is 550 g/mol. The smallest absolute Gasteiger partial charge is 0.408 e. The molecule has 0 spiro atoms. The number of unbranched alkanes of at least 4 members (excludes halogenated alkanes) is 1. The number of aliphatic hydroxyl groups excluding tert-OH is 2. The second-order valence-corrected chi connectivity index (χ2v) is 8.97. The molecule has 3 amide bonds. The molecule has 3 rings (SSSR count). The van der Waals surface area contributed by atoms with Crippen molar-refractivity contribution in [2.45, 2.75) is 63.7 Å². The molecule has 5 N–H and O–H groups in total. The lowest BCUT2D eigenvalue weighted by Crippen LogP contribution is -2.44. The van der Waals surface area contributed by atoms with Crippen LogP contribution >= 0.6 is 0 Å². The lowest BCUT2D eigenvalue weighted by molar-refractivity contribution is -0.119. The largest absolute Gasteiger partial charge is 0.445 e. The molecule has 1 saturated heterocycles. The van der Waals surface area contributed by atoms with Crippen LogP contribution in [0.3, 0.4) is 0 Å². The number of carbonyl (C=O) groups is 3. The number of ether oxygens (including phenoxy) is 2. The van der Waals surface area contributed by atoms with Gasteiger partial charge in [0.25, 0.3) is 0 Å². The molecule has 1 unspecified atom stereocenters. The Morgan fingerprint density at radius 3 is 2.67 bits per heavy atom. The van der Waals surface area contributed by atoms with Crippen LogP contribution in [0.5, 0.6) is 0 Å². The Morgan fingerprint density at radius 2 is 2.00 bits per heavy atom. The third kappa shape index (κ3) is 8.84. The molecule has 39 heavy (non-hydrogen) atoms. The molecule has 2 heterocycles. The fraction of sp³-hybridized carbons (Fsp3) is 0.480. The maximum absolute atomic E-state index is 14.8.